The van der Waals surface area contributed by atoms with E-state index in [1.165, 1.54) is 5.56 Å². The van der Waals surface area contributed by atoms with Crippen LogP contribution in [0.5, 0.6) is 5.75 Å². The SMILES string of the molecule is COC1CCC2(CC1)Cc1ccc(OCC3CC3(F)F)cc1C21N=C(C)C(N)=N1. The van der Waals surface area contributed by atoms with Gasteiger partial charge in [-0.3, -0.25) is 4.99 Å². The summed E-state index contributed by atoms with van der Waals surface area (Å²) in [5.41, 5.74) is 8.28. The van der Waals surface area contributed by atoms with Crippen molar-refractivity contribution in [2.75, 3.05) is 13.7 Å². The molecule has 2 saturated carbocycles. The number of halogens is 2. The molecule has 0 bridgehead atoms. The van der Waals surface area contributed by atoms with Crippen LogP contribution in [0.1, 0.15) is 50.2 Å². The molecule has 29 heavy (non-hydrogen) atoms. The van der Waals surface area contributed by atoms with E-state index in [9.17, 15) is 8.78 Å². The van der Waals surface area contributed by atoms with Gasteiger partial charge < -0.3 is 15.2 Å². The van der Waals surface area contributed by atoms with E-state index in [-0.39, 0.29) is 24.5 Å². The maximum Gasteiger partial charge on any atom is 0.255 e. The Bertz CT molecular complexity index is 885. The zero-order valence-electron chi connectivity index (χ0n) is 16.9. The lowest BCUT2D eigenvalue weighted by molar-refractivity contribution is -0.000408. The molecule has 1 aromatic rings. The van der Waals surface area contributed by atoms with Crippen molar-refractivity contribution in [2.24, 2.45) is 27.1 Å². The Hall–Kier alpha value is -2.02. The molecule has 0 saturated heterocycles. The lowest BCUT2D eigenvalue weighted by Crippen LogP contribution is -2.43. The van der Waals surface area contributed by atoms with Crippen molar-refractivity contribution in [3.8, 4) is 5.75 Å². The molecule has 2 N–H and O–H groups in total. The number of fused-ring (bicyclic) bond motifs is 3. The second kappa shape index (κ2) is 6.24. The number of nitrogens with zero attached hydrogens (tertiary/aromatic N) is 2. The Morgan fingerprint density at radius 1 is 1.21 bits per heavy atom. The van der Waals surface area contributed by atoms with Crippen molar-refractivity contribution < 1.29 is 18.3 Å². The van der Waals surface area contributed by atoms with Gasteiger partial charge in [-0.15, -0.1) is 0 Å². The molecule has 0 aromatic heterocycles. The zero-order valence-corrected chi connectivity index (χ0v) is 16.9. The number of ether oxygens (including phenoxy) is 2. The van der Waals surface area contributed by atoms with Crippen LogP contribution in [0.15, 0.2) is 28.2 Å². The van der Waals surface area contributed by atoms with Crippen LogP contribution in [0.4, 0.5) is 8.78 Å². The average molecular weight is 403 g/mol. The Morgan fingerprint density at radius 3 is 2.52 bits per heavy atom. The number of alkyl halides is 2. The summed E-state index contributed by atoms with van der Waals surface area (Å²) >= 11 is 0. The Morgan fingerprint density at radius 2 is 1.93 bits per heavy atom. The zero-order chi connectivity index (χ0) is 20.4. The Balaban J connectivity index is 1.49. The van der Waals surface area contributed by atoms with Crippen LogP contribution in [0.25, 0.3) is 0 Å². The topological polar surface area (TPSA) is 69.2 Å². The maximum atomic E-state index is 13.2. The van der Waals surface area contributed by atoms with Crippen LogP contribution in [-0.2, 0) is 16.8 Å². The highest BCUT2D eigenvalue weighted by Crippen LogP contribution is 2.62. The monoisotopic (exact) mass is 403 g/mol. The van der Waals surface area contributed by atoms with Crippen molar-refractivity contribution in [1.82, 2.24) is 0 Å². The number of nitrogens with two attached hydrogens (primary N) is 1. The molecule has 1 aromatic carbocycles. The molecule has 2 atom stereocenters. The van der Waals surface area contributed by atoms with E-state index in [0.717, 1.165) is 43.4 Å². The highest BCUT2D eigenvalue weighted by molar-refractivity contribution is 6.41. The molecular weight excluding hydrogens is 376 g/mol. The lowest BCUT2D eigenvalue weighted by Gasteiger charge is -2.44. The minimum absolute atomic E-state index is 0.0349. The highest BCUT2D eigenvalue weighted by Gasteiger charge is 2.61. The summed E-state index contributed by atoms with van der Waals surface area (Å²) in [4.78, 5) is 9.93. The van der Waals surface area contributed by atoms with Gasteiger partial charge in [-0.2, -0.15) is 0 Å². The van der Waals surface area contributed by atoms with Crippen LogP contribution >= 0.6 is 0 Å². The van der Waals surface area contributed by atoms with Crippen molar-refractivity contribution in [2.45, 2.75) is 63.1 Å². The first-order chi connectivity index (χ1) is 13.8. The molecule has 2 fully saturated rings. The van der Waals surface area contributed by atoms with E-state index in [1.807, 2.05) is 25.1 Å². The molecule has 5 rings (SSSR count). The molecule has 156 valence electrons. The van der Waals surface area contributed by atoms with Gasteiger partial charge in [0.15, 0.2) is 5.66 Å². The third kappa shape index (κ3) is 2.80. The molecule has 1 aliphatic heterocycles. The highest BCUT2D eigenvalue weighted by atomic mass is 19.3. The van der Waals surface area contributed by atoms with Gasteiger partial charge in [-0.25, -0.2) is 13.8 Å². The minimum Gasteiger partial charge on any atom is -0.493 e. The van der Waals surface area contributed by atoms with Crippen LogP contribution in [0, 0.1) is 11.3 Å². The number of benzene rings is 1. The van der Waals surface area contributed by atoms with E-state index in [2.05, 4.69) is 0 Å². The summed E-state index contributed by atoms with van der Waals surface area (Å²) in [6, 6.07) is 5.88. The minimum atomic E-state index is -2.58. The number of amidine groups is 1. The second-order valence-corrected chi connectivity index (χ2v) is 9.05. The summed E-state index contributed by atoms with van der Waals surface area (Å²) in [5.74, 6) is -2.18. The van der Waals surface area contributed by atoms with E-state index in [4.69, 9.17) is 25.2 Å². The fourth-order valence-corrected chi connectivity index (χ4v) is 5.39. The van der Waals surface area contributed by atoms with Gasteiger partial charge in [0.25, 0.3) is 5.92 Å². The first-order valence-electron chi connectivity index (χ1n) is 10.4. The lowest BCUT2D eigenvalue weighted by atomic mass is 9.65. The van der Waals surface area contributed by atoms with Gasteiger partial charge in [0, 0.05) is 24.5 Å². The molecule has 1 heterocycles. The average Bonchev–Trinajstić information content (AvgIpc) is 3.08. The van der Waals surface area contributed by atoms with Crippen LogP contribution < -0.4 is 10.5 Å². The number of aliphatic imine (C=N–C) groups is 2. The summed E-state index contributed by atoms with van der Waals surface area (Å²) < 4.78 is 37.7. The van der Waals surface area contributed by atoms with Gasteiger partial charge in [0.1, 0.15) is 11.6 Å². The molecule has 2 unspecified atom stereocenters. The van der Waals surface area contributed by atoms with Crippen molar-refractivity contribution in [1.29, 1.82) is 0 Å². The summed E-state index contributed by atoms with van der Waals surface area (Å²) in [7, 11) is 1.77. The normalized spacial score (nSPS) is 36.8. The molecule has 5 nitrogen and oxygen atoms in total. The van der Waals surface area contributed by atoms with Crippen LogP contribution in [-0.4, -0.2) is 37.3 Å². The Labute approximate surface area is 169 Å². The molecule has 2 spiro atoms. The van der Waals surface area contributed by atoms with Gasteiger partial charge in [-0.05, 0) is 56.7 Å². The van der Waals surface area contributed by atoms with E-state index >= 15 is 0 Å². The number of hydrogen-bond donors (Lipinski definition) is 1. The summed E-state index contributed by atoms with van der Waals surface area (Å²) in [6.45, 7) is 1.93. The van der Waals surface area contributed by atoms with E-state index in [1.54, 1.807) is 7.11 Å². The smallest absolute Gasteiger partial charge is 0.255 e. The first-order valence-corrected chi connectivity index (χ1v) is 10.4. The van der Waals surface area contributed by atoms with Gasteiger partial charge in [0.05, 0.1) is 24.3 Å². The molecule has 4 aliphatic rings. The Kier molecular flexibility index (Phi) is 4.08. The molecule has 0 amide bonds. The third-order valence-corrected chi connectivity index (χ3v) is 7.34. The first kappa shape index (κ1) is 19.0. The second-order valence-electron chi connectivity index (χ2n) is 9.05. The molecule has 7 heteroatoms. The van der Waals surface area contributed by atoms with E-state index in [0.29, 0.717) is 11.6 Å². The molecule has 0 radical (unpaired) electrons. The standard InChI is InChI=1S/C22H27F2N3O2/c1-13-19(25)27-22(26-13)18-9-17(29-12-15-11-21(15,23)24)4-3-14(18)10-20(22)7-5-16(28-2)6-8-20/h3-4,9,15-16H,5-8,10-12H2,1-2H3,(H2,25,27). The van der Waals surface area contributed by atoms with Crippen molar-refractivity contribution in [3.05, 3.63) is 29.3 Å². The third-order valence-electron chi connectivity index (χ3n) is 7.34. The van der Waals surface area contributed by atoms with Crippen molar-refractivity contribution >= 4 is 11.5 Å². The van der Waals surface area contributed by atoms with Gasteiger partial charge >= 0.3 is 0 Å². The largest absolute Gasteiger partial charge is 0.493 e. The van der Waals surface area contributed by atoms with E-state index < -0.39 is 17.5 Å². The van der Waals surface area contributed by atoms with Crippen LogP contribution in [0.3, 0.4) is 0 Å². The summed E-state index contributed by atoms with van der Waals surface area (Å²) in [5, 5.41) is 0. The fraction of sp³-hybridized carbons (Fsp3) is 0.636. The van der Waals surface area contributed by atoms with Crippen LogP contribution in [0.2, 0.25) is 0 Å². The predicted molar refractivity (Wildman–Crippen MR) is 107 cm³/mol. The molecular formula is C22H27F2N3O2. The number of methoxy groups -OCH3 is 1. The summed E-state index contributed by atoms with van der Waals surface area (Å²) in [6.07, 6.45) is 4.92. The maximum absolute atomic E-state index is 13.2. The van der Waals surface area contributed by atoms with Gasteiger partial charge in [0.2, 0.25) is 0 Å². The predicted octanol–water partition coefficient (Wildman–Crippen LogP) is 3.84. The van der Waals surface area contributed by atoms with Crippen molar-refractivity contribution in [3.63, 3.8) is 0 Å². The fourth-order valence-electron chi connectivity index (χ4n) is 5.39. The van der Waals surface area contributed by atoms with Gasteiger partial charge in [-0.1, -0.05) is 6.07 Å². The quantitative estimate of drug-likeness (QED) is 0.831. The molecule has 3 aliphatic carbocycles. The number of hydrogen-bond acceptors (Lipinski definition) is 5. The number of rotatable bonds is 4.